The van der Waals surface area contributed by atoms with Gasteiger partial charge in [0.1, 0.15) is 0 Å². The van der Waals surface area contributed by atoms with Crippen molar-refractivity contribution in [1.29, 1.82) is 0 Å². The van der Waals surface area contributed by atoms with Crippen molar-refractivity contribution in [2.24, 2.45) is 10.1 Å². The molecule has 3 rings (SSSR count). The molecule has 4 heteroatoms. The zero-order valence-electron chi connectivity index (χ0n) is 14.4. The van der Waals surface area contributed by atoms with Crippen molar-refractivity contribution in [3.63, 3.8) is 0 Å². The van der Waals surface area contributed by atoms with Crippen molar-refractivity contribution in [3.05, 3.63) is 74.9 Å². The van der Waals surface area contributed by atoms with Crippen LogP contribution in [0.1, 0.15) is 22.3 Å². The Morgan fingerprint density at radius 2 is 1.67 bits per heavy atom. The van der Waals surface area contributed by atoms with Crippen molar-refractivity contribution < 1.29 is 0 Å². The van der Waals surface area contributed by atoms with E-state index in [-0.39, 0.29) is 0 Å². The van der Waals surface area contributed by atoms with Gasteiger partial charge in [-0.2, -0.15) is 5.10 Å². The molecule has 3 nitrogen and oxygen atoms in total. The van der Waals surface area contributed by atoms with E-state index < -0.39 is 0 Å². The lowest BCUT2D eigenvalue weighted by Gasteiger charge is -2.05. The van der Waals surface area contributed by atoms with Gasteiger partial charge in [0.25, 0.3) is 0 Å². The Kier molecular flexibility index (Phi) is 4.76. The lowest BCUT2D eigenvalue weighted by Crippen LogP contribution is -2.11. The predicted octanol–water partition coefficient (Wildman–Crippen LogP) is 4.55. The topological polar surface area (TPSA) is 29.6 Å². The number of benzene rings is 2. The minimum absolute atomic E-state index is 0.882. The average molecular weight is 335 g/mol. The first-order valence-electron chi connectivity index (χ1n) is 7.90. The lowest BCUT2D eigenvalue weighted by atomic mass is 10.1. The Hall–Kier alpha value is -2.46. The van der Waals surface area contributed by atoms with E-state index in [0.717, 1.165) is 21.6 Å². The summed E-state index contributed by atoms with van der Waals surface area (Å²) in [6.45, 7) is 6.29. The summed E-state index contributed by atoms with van der Waals surface area (Å²) < 4.78 is 1.91. The fourth-order valence-corrected chi connectivity index (χ4v) is 3.31. The third-order valence-electron chi connectivity index (χ3n) is 3.97. The normalized spacial score (nSPS) is 12.2. The number of nitrogens with zero attached hydrogens (tertiary/aromatic N) is 3. The van der Waals surface area contributed by atoms with E-state index in [1.54, 1.807) is 18.4 Å². The molecule has 0 saturated carbocycles. The minimum atomic E-state index is 0.882. The van der Waals surface area contributed by atoms with Gasteiger partial charge in [0.15, 0.2) is 0 Å². The highest BCUT2D eigenvalue weighted by molar-refractivity contribution is 7.07. The standard InChI is InChI=1S/C20H21N3S/c1-14-6-9-17(10-7-14)19-13-24-20(21-4)23(19)22-12-18-11-15(2)5-8-16(18)3/h5-13H,1-4H3. The van der Waals surface area contributed by atoms with Gasteiger partial charge in [-0.1, -0.05) is 53.6 Å². The van der Waals surface area contributed by atoms with E-state index in [1.165, 1.54) is 16.7 Å². The Balaban J connectivity index is 2.07. The number of rotatable bonds is 3. The Bertz CT molecular complexity index is 944. The van der Waals surface area contributed by atoms with Gasteiger partial charge in [0.05, 0.1) is 11.9 Å². The second-order valence-corrected chi connectivity index (χ2v) is 6.75. The molecule has 1 heterocycles. The number of hydrogen-bond donors (Lipinski definition) is 0. The molecule has 0 N–H and O–H groups in total. The van der Waals surface area contributed by atoms with Crippen LogP contribution in [-0.2, 0) is 0 Å². The average Bonchev–Trinajstić information content (AvgIpc) is 2.99. The van der Waals surface area contributed by atoms with Gasteiger partial charge in [0, 0.05) is 18.0 Å². The Morgan fingerprint density at radius 1 is 0.958 bits per heavy atom. The van der Waals surface area contributed by atoms with E-state index in [9.17, 15) is 0 Å². The van der Waals surface area contributed by atoms with E-state index in [4.69, 9.17) is 5.10 Å². The fraction of sp³-hybridized carbons (Fsp3) is 0.200. The van der Waals surface area contributed by atoms with Gasteiger partial charge in [-0.3, -0.25) is 4.99 Å². The van der Waals surface area contributed by atoms with Crippen molar-refractivity contribution in [2.75, 3.05) is 7.05 Å². The van der Waals surface area contributed by atoms with Crippen LogP contribution in [-0.4, -0.2) is 17.9 Å². The van der Waals surface area contributed by atoms with Crippen LogP contribution in [0.2, 0.25) is 0 Å². The van der Waals surface area contributed by atoms with Crippen LogP contribution in [0.5, 0.6) is 0 Å². The molecular formula is C20H21N3S. The third kappa shape index (κ3) is 3.39. The molecule has 0 fully saturated rings. The summed E-state index contributed by atoms with van der Waals surface area (Å²) in [4.78, 5) is 5.24. The predicted molar refractivity (Wildman–Crippen MR) is 103 cm³/mol. The van der Waals surface area contributed by atoms with Gasteiger partial charge < -0.3 is 0 Å². The molecule has 122 valence electrons. The first kappa shape index (κ1) is 16.4. The van der Waals surface area contributed by atoms with Crippen LogP contribution in [0.25, 0.3) is 11.3 Å². The van der Waals surface area contributed by atoms with Crippen molar-refractivity contribution in [1.82, 2.24) is 4.68 Å². The summed E-state index contributed by atoms with van der Waals surface area (Å²) in [5.74, 6) is 0. The van der Waals surface area contributed by atoms with Crippen LogP contribution >= 0.6 is 11.3 Å². The molecule has 0 aliphatic heterocycles. The number of hydrogen-bond acceptors (Lipinski definition) is 3. The molecule has 24 heavy (non-hydrogen) atoms. The van der Waals surface area contributed by atoms with Crippen LogP contribution < -0.4 is 4.80 Å². The zero-order chi connectivity index (χ0) is 17.1. The van der Waals surface area contributed by atoms with Gasteiger partial charge in [-0.05, 0) is 31.9 Å². The van der Waals surface area contributed by atoms with E-state index in [2.05, 4.69) is 73.6 Å². The van der Waals surface area contributed by atoms with Crippen molar-refractivity contribution in [3.8, 4) is 11.3 Å². The first-order valence-corrected chi connectivity index (χ1v) is 8.78. The monoisotopic (exact) mass is 335 g/mol. The number of aryl methyl sites for hydroxylation is 3. The van der Waals surface area contributed by atoms with Crippen LogP contribution in [0.3, 0.4) is 0 Å². The van der Waals surface area contributed by atoms with Crippen LogP contribution in [0.15, 0.2) is 57.9 Å². The third-order valence-corrected chi connectivity index (χ3v) is 4.88. The Labute approximate surface area is 146 Å². The second-order valence-electron chi connectivity index (χ2n) is 5.91. The summed E-state index contributed by atoms with van der Waals surface area (Å²) in [7, 11) is 1.80. The van der Waals surface area contributed by atoms with Gasteiger partial charge in [0.2, 0.25) is 4.80 Å². The second kappa shape index (κ2) is 6.97. The molecule has 0 unspecified atom stereocenters. The summed E-state index contributed by atoms with van der Waals surface area (Å²) >= 11 is 1.60. The van der Waals surface area contributed by atoms with E-state index in [1.807, 2.05) is 10.9 Å². The van der Waals surface area contributed by atoms with E-state index >= 15 is 0 Å². The van der Waals surface area contributed by atoms with Crippen molar-refractivity contribution in [2.45, 2.75) is 20.8 Å². The largest absolute Gasteiger partial charge is 0.261 e. The van der Waals surface area contributed by atoms with E-state index in [0.29, 0.717) is 0 Å². The number of thiazole rings is 1. The SMILES string of the molecule is CN=c1scc(-c2ccc(C)cc2)n1N=Cc1cc(C)ccc1C. The maximum atomic E-state index is 4.72. The smallest absolute Gasteiger partial charge is 0.205 e. The molecule has 0 saturated heterocycles. The summed E-state index contributed by atoms with van der Waals surface area (Å²) in [6.07, 6.45) is 1.92. The molecule has 0 atom stereocenters. The molecule has 0 spiro atoms. The van der Waals surface area contributed by atoms with Gasteiger partial charge in [-0.15, -0.1) is 11.3 Å². The molecule has 3 aromatic rings. The molecule has 2 aromatic carbocycles. The first-order chi connectivity index (χ1) is 11.6. The van der Waals surface area contributed by atoms with Crippen LogP contribution in [0.4, 0.5) is 0 Å². The molecule has 0 amide bonds. The van der Waals surface area contributed by atoms with Gasteiger partial charge in [-0.25, -0.2) is 4.68 Å². The summed E-state index contributed by atoms with van der Waals surface area (Å²) in [6, 6.07) is 14.9. The molecule has 1 aromatic heterocycles. The maximum Gasteiger partial charge on any atom is 0.205 e. The molecule has 0 bridgehead atoms. The van der Waals surface area contributed by atoms with Crippen LogP contribution in [0, 0.1) is 20.8 Å². The molecule has 0 aliphatic rings. The number of aromatic nitrogens is 1. The molecular weight excluding hydrogens is 314 g/mol. The fourth-order valence-electron chi connectivity index (χ4n) is 2.50. The lowest BCUT2D eigenvalue weighted by molar-refractivity contribution is 0.848. The minimum Gasteiger partial charge on any atom is -0.261 e. The maximum absolute atomic E-state index is 4.72. The summed E-state index contributed by atoms with van der Waals surface area (Å²) in [5, 5.41) is 6.82. The highest BCUT2D eigenvalue weighted by Gasteiger charge is 2.07. The molecule has 0 radical (unpaired) electrons. The highest BCUT2D eigenvalue weighted by atomic mass is 32.1. The van der Waals surface area contributed by atoms with Gasteiger partial charge >= 0.3 is 0 Å². The molecule has 0 aliphatic carbocycles. The van der Waals surface area contributed by atoms with Crippen molar-refractivity contribution >= 4 is 17.6 Å². The zero-order valence-corrected chi connectivity index (χ0v) is 15.3. The Morgan fingerprint density at radius 3 is 2.38 bits per heavy atom. The summed E-state index contributed by atoms with van der Waals surface area (Å²) in [5.41, 5.74) is 7.03. The quantitative estimate of drug-likeness (QED) is 0.628. The highest BCUT2D eigenvalue weighted by Crippen LogP contribution is 2.20.